The number of benzene rings is 1. The molecule has 15 heteroatoms. The normalized spacial score (nSPS) is 33.7. The van der Waals surface area contributed by atoms with Crippen LogP contribution in [0, 0.1) is 22.7 Å². The van der Waals surface area contributed by atoms with Crippen molar-refractivity contribution in [2.75, 3.05) is 19.8 Å². The molecule has 1 aromatic heterocycles. The average molecular weight is 790 g/mol. The topological polar surface area (TPSA) is 173 Å². The zero-order chi connectivity index (χ0) is 40.5. The number of nitrogens with zero attached hydrogens (tertiary/aromatic N) is 3. The van der Waals surface area contributed by atoms with Crippen molar-refractivity contribution >= 4 is 23.9 Å². The molecule has 2 aliphatic carbocycles. The standard InChI is InChI=1S/C42H51N3O12/c1-24-7-14-35-41(5,32(24)13-10-28-16-18-50-39(28)49)17-15-36-42(35,6)23-53-40(57-36)29-8-11-31(12-9-29)52-21-30-20-45(44-43-30)37-19-33(54-26(3)47)38(55-27(4)48)34(56-37)22-51-25(2)46/h8-13,16,20,32-38,40H,1,7,14-15,17-19,21-23H2,2-6H3/b13-10+/t32-,33?,34?,35+,36?,37?,38?,40?,41+,42+/m1/s1. The Kier molecular flexibility index (Phi) is 11.7. The molecule has 4 heterocycles. The van der Waals surface area contributed by atoms with E-state index >= 15 is 0 Å². The van der Waals surface area contributed by atoms with E-state index in [1.807, 2.05) is 36.4 Å². The van der Waals surface area contributed by atoms with E-state index in [-0.39, 0.29) is 48.5 Å². The minimum atomic E-state index is -0.993. The number of hydrogen-bond donors (Lipinski definition) is 0. The van der Waals surface area contributed by atoms with Gasteiger partial charge in [0.05, 0.1) is 24.5 Å². The van der Waals surface area contributed by atoms with E-state index in [1.54, 1.807) is 6.20 Å². The molecule has 3 aliphatic heterocycles. The molecule has 2 aromatic rings. The summed E-state index contributed by atoms with van der Waals surface area (Å²) in [5.41, 5.74) is 3.00. The van der Waals surface area contributed by atoms with E-state index in [0.29, 0.717) is 36.1 Å². The summed E-state index contributed by atoms with van der Waals surface area (Å²) < 4.78 is 48.0. The first-order valence-corrected chi connectivity index (χ1v) is 19.5. The lowest BCUT2D eigenvalue weighted by molar-refractivity contribution is -0.306. The van der Waals surface area contributed by atoms with E-state index in [0.717, 1.165) is 31.2 Å². The fourth-order valence-electron chi connectivity index (χ4n) is 9.49. The highest BCUT2D eigenvalue weighted by Gasteiger charge is 2.60. The number of hydrogen-bond acceptors (Lipinski definition) is 14. The number of fused-ring (bicyclic) bond motifs is 3. The summed E-state index contributed by atoms with van der Waals surface area (Å²) in [5.74, 6) is -0.877. The van der Waals surface area contributed by atoms with Gasteiger partial charge >= 0.3 is 23.9 Å². The van der Waals surface area contributed by atoms with Crippen LogP contribution in [0.5, 0.6) is 5.75 Å². The Morgan fingerprint density at radius 1 is 1.02 bits per heavy atom. The summed E-state index contributed by atoms with van der Waals surface area (Å²) in [6, 6.07) is 7.60. The van der Waals surface area contributed by atoms with Crippen LogP contribution in [0.2, 0.25) is 0 Å². The molecular weight excluding hydrogens is 738 g/mol. The number of ether oxygens (including phenoxy) is 8. The maximum atomic E-state index is 12.1. The van der Waals surface area contributed by atoms with Gasteiger partial charge < -0.3 is 37.9 Å². The predicted octanol–water partition coefficient (Wildman–Crippen LogP) is 5.41. The number of aromatic nitrogens is 3. The number of allylic oxidation sites excluding steroid dienone is 2. The summed E-state index contributed by atoms with van der Waals surface area (Å²) in [6.07, 6.45) is 7.42. The highest BCUT2D eigenvalue weighted by molar-refractivity contribution is 5.93. The molecule has 15 nitrogen and oxygen atoms in total. The summed E-state index contributed by atoms with van der Waals surface area (Å²) in [5, 5.41) is 8.44. The summed E-state index contributed by atoms with van der Waals surface area (Å²) >= 11 is 0. The average Bonchev–Trinajstić information content (AvgIpc) is 3.82. The zero-order valence-corrected chi connectivity index (χ0v) is 33.0. The molecule has 0 amide bonds. The minimum Gasteiger partial charge on any atom is -0.487 e. The Morgan fingerprint density at radius 3 is 2.49 bits per heavy atom. The first kappa shape index (κ1) is 40.3. The van der Waals surface area contributed by atoms with Gasteiger partial charge in [0.25, 0.3) is 0 Å². The second-order valence-corrected chi connectivity index (χ2v) is 16.1. The number of carbonyl (C=O) groups is 4. The van der Waals surface area contributed by atoms with Crippen LogP contribution < -0.4 is 4.74 Å². The minimum absolute atomic E-state index is 0.0262. The van der Waals surface area contributed by atoms with Gasteiger partial charge in [0.2, 0.25) is 0 Å². The summed E-state index contributed by atoms with van der Waals surface area (Å²) in [4.78, 5) is 47.4. The number of cyclic esters (lactones) is 1. The van der Waals surface area contributed by atoms with E-state index < -0.39 is 48.7 Å². The number of rotatable bonds is 11. The van der Waals surface area contributed by atoms with Crippen molar-refractivity contribution in [2.24, 2.45) is 22.7 Å². The Bertz CT molecular complexity index is 1920. The van der Waals surface area contributed by atoms with Gasteiger partial charge in [-0.1, -0.05) is 55.5 Å². The summed E-state index contributed by atoms with van der Waals surface area (Å²) in [6.45, 7) is 13.6. The quantitative estimate of drug-likeness (QED) is 0.161. The van der Waals surface area contributed by atoms with E-state index in [4.69, 9.17) is 37.9 Å². The molecule has 0 N–H and O–H groups in total. The molecule has 5 aliphatic rings. The third-order valence-corrected chi connectivity index (χ3v) is 12.2. The van der Waals surface area contributed by atoms with Gasteiger partial charge in [-0.2, -0.15) is 0 Å². The van der Waals surface area contributed by atoms with Crippen molar-refractivity contribution in [3.8, 4) is 5.75 Å². The van der Waals surface area contributed by atoms with Gasteiger partial charge in [-0.3, -0.25) is 14.4 Å². The Morgan fingerprint density at radius 2 is 1.79 bits per heavy atom. The second-order valence-electron chi connectivity index (χ2n) is 16.1. The fourth-order valence-corrected chi connectivity index (χ4v) is 9.49. The van der Waals surface area contributed by atoms with Crippen molar-refractivity contribution in [1.29, 1.82) is 0 Å². The molecule has 1 aromatic carbocycles. The van der Waals surface area contributed by atoms with Crippen LogP contribution in [0.15, 0.2) is 66.4 Å². The molecule has 306 valence electrons. The molecule has 2 saturated heterocycles. The molecule has 6 unspecified atom stereocenters. The van der Waals surface area contributed by atoms with Crippen molar-refractivity contribution < 1.29 is 57.1 Å². The third kappa shape index (κ3) is 8.56. The smallest absolute Gasteiger partial charge is 0.338 e. The highest BCUT2D eigenvalue weighted by Crippen LogP contribution is 2.63. The lowest BCUT2D eigenvalue weighted by Gasteiger charge is -2.62. The van der Waals surface area contributed by atoms with E-state index in [2.05, 4.69) is 36.8 Å². The van der Waals surface area contributed by atoms with E-state index in [9.17, 15) is 19.2 Å². The molecule has 4 fully saturated rings. The largest absolute Gasteiger partial charge is 0.487 e. The van der Waals surface area contributed by atoms with Crippen molar-refractivity contribution in [3.05, 3.63) is 77.7 Å². The number of esters is 4. The zero-order valence-electron chi connectivity index (χ0n) is 33.0. The van der Waals surface area contributed by atoms with Gasteiger partial charge in [-0.25, -0.2) is 9.48 Å². The van der Waals surface area contributed by atoms with Gasteiger partial charge in [0, 0.05) is 44.1 Å². The highest BCUT2D eigenvalue weighted by atomic mass is 16.7. The van der Waals surface area contributed by atoms with Crippen molar-refractivity contribution in [1.82, 2.24) is 15.0 Å². The first-order valence-electron chi connectivity index (χ1n) is 19.5. The predicted molar refractivity (Wildman–Crippen MR) is 200 cm³/mol. The molecule has 0 radical (unpaired) electrons. The van der Waals surface area contributed by atoms with Crippen molar-refractivity contribution in [3.63, 3.8) is 0 Å². The van der Waals surface area contributed by atoms with Crippen LogP contribution >= 0.6 is 0 Å². The maximum Gasteiger partial charge on any atom is 0.338 e. The summed E-state index contributed by atoms with van der Waals surface area (Å²) in [7, 11) is 0. The maximum absolute atomic E-state index is 12.1. The van der Waals surface area contributed by atoms with Crippen molar-refractivity contribution in [2.45, 2.75) is 110 Å². The second kappa shape index (κ2) is 16.5. The molecule has 10 atom stereocenters. The molecule has 0 spiro atoms. The fraction of sp³-hybridized carbons (Fsp3) is 0.571. The third-order valence-electron chi connectivity index (χ3n) is 12.2. The Hall–Kier alpha value is -4.86. The van der Waals surface area contributed by atoms with Gasteiger partial charge in [0.1, 0.15) is 43.5 Å². The van der Waals surface area contributed by atoms with Crippen LogP contribution in [0.1, 0.15) is 90.5 Å². The molecule has 57 heavy (non-hydrogen) atoms. The van der Waals surface area contributed by atoms with E-state index in [1.165, 1.54) is 31.0 Å². The molecular formula is C42H51N3O12. The Labute approximate surface area is 331 Å². The van der Waals surface area contributed by atoms with Crippen LogP contribution in [0.25, 0.3) is 0 Å². The van der Waals surface area contributed by atoms with Gasteiger partial charge in [-0.05, 0) is 55.2 Å². The van der Waals surface area contributed by atoms with Gasteiger partial charge in [-0.15, -0.1) is 5.10 Å². The first-order chi connectivity index (χ1) is 27.2. The van der Waals surface area contributed by atoms with Gasteiger partial charge in [0.15, 0.2) is 18.6 Å². The lowest BCUT2D eigenvalue weighted by Crippen LogP contribution is -2.60. The van der Waals surface area contributed by atoms with Crippen LogP contribution in [-0.2, 0) is 58.9 Å². The SMILES string of the molecule is C=C1CC[C@H]2[C@@](C)(CCC3OC(c4ccc(OCc5cn(C6CC(OC(C)=O)C(OC(C)=O)C(COC(C)=O)O6)nn5)cc4)OC[C@]32C)[C@@H]1/C=C/C1=CCOC1=O. The number of carbonyl (C=O) groups excluding carboxylic acids is 4. The Balaban J connectivity index is 0.957. The van der Waals surface area contributed by atoms with Crippen LogP contribution in [0.3, 0.4) is 0 Å². The molecule has 2 saturated carbocycles. The monoisotopic (exact) mass is 789 g/mol. The lowest BCUT2D eigenvalue weighted by atomic mass is 9.46. The van der Waals surface area contributed by atoms with Crippen LogP contribution in [0.4, 0.5) is 0 Å². The molecule has 0 bridgehead atoms. The molecule has 7 rings (SSSR count). The van der Waals surface area contributed by atoms with Crippen LogP contribution in [-0.4, -0.2) is 83.1 Å².